The van der Waals surface area contributed by atoms with Gasteiger partial charge in [-0.3, -0.25) is 0 Å². The maximum atomic E-state index is 12.7. The number of fused-ring (bicyclic) bond motifs is 1. The number of halogens is 3. The number of imidazole rings is 1. The molecular weight excluding hydrogens is 275 g/mol. The van der Waals surface area contributed by atoms with Crippen molar-refractivity contribution in [1.82, 2.24) is 9.55 Å². The molecule has 2 aromatic rings. The van der Waals surface area contributed by atoms with Gasteiger partial charge in [0.2, 0.25) is 5.95 Å². The van der Waals surface area contributed by atoms with Crippen molar-refractivity contribution in [2.24, 2.45) is 0 Å². The topological polar surface area (TPSA) is 29.9 Å². The SMILES string of the molecule is Cc1ccsc1C1CCNc2nc(C(F)(F)F)cn21. The zero-order valence-electron chi connectivity index (χ0n) is 10.2. The van der Waals surface area contributed by atoms with Crippen LogP contribution in [0.15, 0.2) is 17.6 Å². The first kappa shape index (κ1) is 12.5. The van der Waals surface area contributed by atoms with E-state index < -0.39 is 11.9 Å². The smallest absolute Gasteiger partial charge is 0.356 e. The van der Waals surface area contributed by atoms with E-state index in [9.17, 15) is 13.2 Å². The molecule has 0 fully saturated rings. The van der Waals surface area contributed by atoms with Gasteiger partial charge in [-0.2, -0.15) is 13.2 Å². The molecule has 0 bridgehead atoms. The van der Waals surface area contributed by atoms with Crippen molar-refractivity contribution in [3.8, 4) is 0 Å². The first-order valence-corrected chi connectivity index (χ1v) is 6.78. The zero-order chi connectivity index (χ0) is 13.6. The Morgan fingerprint density at radius 3 is 2.89 bits per heavy atom. The number of hydrogen-bond acceptors (Lipinski definition) is 3. The Morgan fingerprint density at radius 2 is 2.26 bits per heavy atom. The average molecular weight is 287 g/mol. The van der Waals surface area contributed by atoms with Crippen LogP contribution in [0.4, 0.5) is 19.1 Å². The summed E-state index contributed by atoms with van der Waals surface area (Å²) in [4.78, 5) is 4.75. The molecule has 0 saturated carbocycles. The van der Waals surface area contributed by atoms with E-state index in [2.05, 4.69) is 10.3 Å². The summed E-state index contributed by atoms with van der Waals surface area (Å²) in [7, 11) is 0. The summed E-state index contributed by atoms with van der Waals surface area (Å²) in [6.07, 6.45) is -2.53. The lowest BCUT2D eigenvalue weighted by Gasteiger charge is -2.25. The van der Waals surface area contributed by atoms with Crippen LogP contribution in [0.25, 0.3) is 0 Å². The van der Waals surface area contributed by atoms with E-state index in [1.165, 1.54) is 0 Å². The Balaban J connectivity index is 2.05. The molecule has 1 aliphatic heterocycles. The summed E-state index contributed by atoms with van der Waals surface area (Å²) in [5, 5.41) is 4.89. The molecule has 7 heteroatoms. The molecule has 0 aliphatic carbocycles. The van der Waals surface area contributed by atoms with Gasteiger partial charge in [-0.05, 0) is 30.4 Å². The van der Waals surface area contributed by atoms with Gasteiger partial charge >= 0.3 is 6.18 Å². The minimum absolute atomic E-state index is 0.0557. The third-order valence-corrected chi connectivity index (χ3v) is 4.38. The number of anilines is 1. The largest absolute Gasteiger partial charge is 0.434 e. The molecule has 2 aromatic heterocycles. The monoisotopic (exact) mass is 287 g/mol. The highest BCUT2D eigenvalue weighted by atomic mass is 32.1. The molecule has 3 heterocycles. The van der Waals surface area contributed by atoms with Crippen molar-refractivity contribution in [3.05, 3.63) is 33.8 Å². The lowest BCUT2D eigenvalue weighted by Crippen LogP contribution is -2.23. The second-order valence-corrected chi connectivity index (χ2v) is 5.50. The standard InChI is InChI=1S/C12H12F3N3S/c1-7-3-5-19-10(7)8-2-4-16-11-17-9(6-18(8)11)12(13,14)15/h3,5-6,8H,2,4H2,1H3,(H,16,17). The molecular formula is C12H12F3N3S. The maximum absolute atomic E-state index is 12.7. The maximum Gasteiger partial charge on any atom is 0.434 e. The molecule has 0 aromatic carbocycles. The van der Waals surface area contributed by atoms with Gasteiger partial charge in [0.25, 0.3) is 0 Å². The van der Waals surface area contributed by atoms with Crippen molar-refractivity contribution in [2.45, 2.75) is 25.6 Å². The minimum atomic E-state index is -4.40. The summed E-state index contributed by atoms with van der Waals surface area (Å²) in [5.41, 5.74) is 0.279. The highest BCUT2D eigenvalue weighted by molar-refractivity contribution is 7.10. The molecule has 19 heavy (non-hydrogen) atoms. The molecule has 1 atom stereocenters. The molecule has 1 aliphatic rings. The first-order chi connectivity index (χ1) is 8.97. The van der Waals surface area contributed by atoms with Crippen LogP contribution in [0.3, 0.4) is 0 Å². The zero-order valence-corrected chi connectivity index (χ0v) is 11.0. The van der Waals surface area contributed by atoms with Crippen LogP contribution in [0, 0.1) is 6.92 Å². The molecule has 1 unspecified atom stereocenters. The van der Waals surface area contributed by atoms with Gasteiger partial charge in [-0.1, -0.05) is 0 Å². The lowest BCUT2D eigenvalue weighted by atomic mass is 10.1. The molecule has 0 radical (unpaired) electrons. The molecule has 102 valence electrons. The van der Waals surface area contributed by atoms with E-state index >= 15 is 0 Å². The molecule has 0 amide bonds. The van der Waals surface area contributed by atoms with Crippen LogP contribution in [-0.4, -0.2) is 16.1 Å². The number of rotatable bonds is 1. The quantitative estimate of drug-likeness (QED) is 0.867. The fourth-order valence-electron chi connectivity index (χ4n) is 2.34. The van der Waals surface area contributed by atoms with Crippen LogP contribution in [0.2, 0.25) is 0 Å². The third kappa shape index (κ3) is 2.11. The number of alkyl halides is 3. The van der Waals surface area contributed by atoms with Gasteiger partial charge in [-0.15, -0.1) is 11.3 Å². The van der Waals surface area contributed by atoms with E-state index in [0.29, 0.717) is 12.5 Å². The van der Waals surface area contributed by atoms with Crippen LogP contribution in [0.5, 0.6) is 0 Å². The molecule has 0 saturated heterocycles. The van der Waals surface area contributed by atoms with Gasteiger partial charge < -0.3 is 9.88 Å². The van der Waals surface area contributed by atoms with Gasteiger partial charge in [0.05, 0.1) is 6.04 Å². The summed E-state index contributed by atoms with van der Waals surface area (Å²) >= 11 is 1.58. The second-order valence-electron chi connectivity index (χ2n) is 4.55. The van der Waals surface area contributed by atoms with E-state index in [1.807, 2.05) is 18.4 Å². The van der Waals surface area contributed by atoms with Crippen molar-refractivity contribution in [1.29, 1.82) is 0 Å². The van der Waals surface area contributed by atoms with Crippen molar-refractivity contribution in [2.75, 3.05) is 11.9 Å². The molecule has 3 nitrogen and oxygen atoms in total. The highest BCUT2D eigenvalue weighted by Crippen LogP contribution is 2.37. The van der Waals surface area contributed by atoms with E-state index in [1.54, 1.807) is 15.9 Å². The van der Waals surface area contributed by atoms with Crippen molar-refractivity contribution >= 4 is 17.3 Å². The molecule has 1 N–H and O–H groups in total. The fourth-order valence-corrected chi connectivity index (χ4v) is 3.40. The second kappa shape index (κ2) is 4.26. The first-order valence-electron chi connectivity index (χ1n) is 5.91. The van der Waals surface area contributed by atoms with Crippen molar-refractivity contribution < 1.29 is 13.2 Å². The van der Waals surface area contributed by atoms with Crippen LogP contribution in [0.1, 0.15) is 28.6 Å². The van der Waals surface area contributed by atoms with Crippen LogP contribution in [-0.2, 0) is 6.18 Å². The average Bonchev–Trinajstić information content (AvgIpc) is 2.93. The normalized spacial score (nSPS) is 19.1. The number of nitrogens with one attached hydrogen (secondary N) is 1. The predicted molar refractivity (Wildman–Crippen MR) is 67.5 cm³/mol. The number of aryl methyl sites for hydroxylation is 1. The summed E-state index contributed by atoms with van der Waals surface area (Å²) < 4.78 is 39.8. The van der Waals surface area contributed by atoms with Gasteiger partial charge in [0.1, 0.15) is 0 Å². The number of aromatic nitrogens is 2. The Hall–Kier alpha value is -1.50. The highest BCUT2D eigenvalue weighted by Gasteiger charge is 2.37. The summed E-state index contributed by atoms with van der Waals surface area (Å²) in [6.45, 7) is 2.62. The van der Waals surface area contributed by atoms with E-state index in [0.717, 1.165) is 23.1 Å². The minimum Gasteiger partial charge on any atom is -0.356 e. The van der Waals surface area contributed by atoms with Crippen molar-refractivity contribution in [3.63, 3.8) is 0 Å². The van der Waals surface area contributed by atoms with E-state index in [-0.39, 0.29) is 6.04 Å². The summed E-state index contributed by atoms with van der Waals surface area (Å²) in [5.74, 6) is 0.302. The van der Waals surface area contributed by atoms with E-state index in [4.69, 9.17) is 0 Å². The number of hydrogen-bond donors (Lipinski definition) is 1. The Kier molecular flexibility index (Phi) is 2.81. The Labute approximate surface area is 112 Å². The van der Waals surface area contributed by atoms with Gasteiger partial charge in [0.15, 0.2) is 5.69 Å². The Bertz CT molecular complexity index is 600. The van der Waals surface area contributed by atoms with Gasteiger partial charge in [0, 0.05) is 17.6 Å². The predicted octanol–water partition coefficient (Wildman–Crippen LogP) is 3.68. The third-order valence-electron chi connectivity index (χ3n) is 3.26. The fraction of sp³-hybridized carbons (Fsp3) is 0.417. The molecule has 0 spiro atoms. The van der Waals surface area contributed by atoms with Crippen LogP contribution >= 0.6 is 11.3 Å². The summed E-state index contributed by atoms with van der Waals surface area (Å²) in [6, 6.07) is 1.93. The Morgan fingerprint density at radius 1 is 1.47 bits per heavy atom. The van der Waals surface area contributed by atoms with Crippen LogP contribution < -0.4 is 5.32 Å². The number of thiophene rings is 1. The number of nitrogens with zero attached hydrogens (tertiary/aromatic N) is 2. The molecule has 3 rings (SSSR count). The lowest BCUT2D eigenvalue weighted by molar-refractivity contribution is -0.140. The van der Waals surface area contributed by atoms with Gasteiger partial charge in [-0.25, -0.2) is 4.98 Å².